The average Bonchev–Trinajstić information content (AvgIpc) is 2.94. The van der Waals surface area contributed by atoms with Gasteiger partial charge in [-0.15, -0.1) is 5.10 Å². The maximum absolute atomic E-state index is 5.91. The summed E-state index contributed by atoms with van der Waals surface area (Å²) in [5.41, 5.74) is 8.75. The van der Waals surface area contributed by atoms with Gasteiger partial charge in [-0.25, -0.2) is 4.68 Å². The van der Waals surface area contributed by atoms with Gasteiger partial charge in [0, 0.05) is 11.3 Å². The fourth-order valence-electron chi connectivity index (χ4n) is 2.75. The van der Waals surface area contributed by atoms with E-state index in [1.165, 1.54) is 0 Å². The molecule has 0 atom stereocenters. The fourth-order valence-corrected chi connectivity index (χ4v) is 2.75. The molecule has 0 aliphatic heterocycles. The third kappa shape index (κ3) is 2.28. The van der Waals surface area contributed by atoms with E-state index in [-0.39, 0.29) is 5.54 Å². The molecule has 0 aliphatic carbocycles. The third-order valence-electron chi connectivity index (χ3n) is 4.40. The van der Waals surface area contributed by atoms with Gasteiger partial charge in [-0.1, -0.05) is 26.8 Å². The first-order valence-corrected chi connectivity index (χ1v) is 7.23. The van der Waals surface area contributed by atoms with Crippen LogP contribution in [0.25, 0.3) is 11.4 Å². The number of aromatic nitrogens is 4. The largest absolute Gasteiger partial charge is 0.399 e. The van der Waals surface area contributed by atoms with E-state index in [0.29, 0.717) is 0 Å². The van der Waals surface area contributed by atoms with E-state index in [4.69, 9.17) is 5.73 Å². The Morgan fingerprint density at radius 3 is 2.40 bits per heavy atom. The highest BCUT2D eigenvalue weighted by atomic mass is 15.6. The van der Waals surface area contributed by atoms with Crippen molar-refractivity contribution in [3.8, 4) is 11.4 Å². The average molecular weight is 273 g/mol. The van der Waals surface area contributed by atoms with Crippen molar-refractivity contribution < 1.29 is 0 Å². The van der Waals surface area contributed by atoms with Crippen molar-refractivity contribution in [1.82, 2.24) is 20.2 Å². The third-order valence-corrected chi connectivity index (χ3v) is 4.40. The maximum Gasteiger partial charge on any atom is 0.182 e. The smallest absolute Gasteiger partial charge is 0.182 e. The van der Waals surface area contributed by atoms with E-state index in [1.807, 2.05) is 22.9 Å². The molecule has 0 saturated carbocycles. The number of nitrogen functional groups attached to an aromatic ring is 1. The van der Waals surface area contributed by atoms with E-state index >= 15 is 0 Å². The molecule has 0 amide bonds. The molecule has 0 bridgehead atoms. The number of benzene rings is 1. The van der Waals surface area contributed by atoms with E-state index in [0.717, 1.165) is 41.9 Å². The second-order valence-electron chi connectivity index (χ2n) is 5.27. The van der Waals surface area contributed by atoms with Crippen molar-refractivity contribution in [2.45, 2.75) is 52.5 Å². The van der Waals surface area contributed by atoms with Gasteiger partial charge < -0.3 is 5.73 Å². The minimum Gasteiger partial charge on any atom is -0.399 e. The molecule has 0 radical (unpaired) electrons. The Kier molecular flexibility index (Phi) is 4.06. The zero-order valence-electron chi connectivity index (χ0n) is 12.7. The summed E-state index contributed by atoms with van der Waals surface area (Å²) >= 11 is 0. The monoisotopic (exact) mass is 273 g/mol. The summed E-state index contributed by atoms with van der Waals surface area (Å²) in [6.45, 7) is 8.61. The van der Waals surface area contributed by atoms with E-state index in [1.54, 1.807) is 0 Å². The summed E-state index contributed by atoms with van der Waals surface area (Å²) in [5, 5.41) is 12.4. The van der Waals surface area contributed by atoms with Gasteiger partial charge >= 0.3 is 0 Å². The van der Waals surface area contributed by atoms with Crippen molar-refractivity contribution in [3.05, 3.63) is 23.8 Å². The molecule has 2 aromatic rings. The summed E-state index contributed by atoms with van der Waals surface area (Å²) in [6.07, 6.45) is 3.00. The minimum atomic E-state index is -0.0319. The van der Waals surface area contributed by atoms with Crippen LogP contribution in [0, 0.1) is 6.92 Å². The zero-order valence-corrected chi connectivity index (χ0v) is 12.7. The van der Waals surface area contributed by atoms with Gasteiger partial charge in [-0.3, -0.25) is 0 Å². The molecule has 108 valence electrons. The van der Waals surface area contributed by atoms with Crippen LogP contribution >= 0.6 is 0 Å². The molecule has 1 aromatic carbocycles. The SMILES string of the molecule is CCC(CC)(CC)n1nnnc1-c1cc(N)ccc1C. The normalized spacial score (nSPS) is 11.8. The number of anilines is 1. The molecule has 1 aromatic heterocycles. The highest BCUT2D eigenvalue weighted by Gasteiger charge is 2.31. The van der Waals surface area contributed by atoms with Crippen LogP contribution in [0.1, 0.15) is 45.6 Å². The predicted octanol–water partition coefficient (Wildman–Crippen LogP) is 3.16. The number of hydrogen-bond donors (Lipinski definition) is 1. The van der Waals surface area contributed by atoms with Crippen molar-refractivity contribution in [1.29, 1.82) is 0 Å². The summed E-state index contributed by atoms with van der Waals surface area (Å²) < 4.78 is 1.98. The van der Waals surface area contributed by atoms with Gasteiger partial charge in [-0.2, -0.15) is 0 Å². The second kappa shape index (κ2) is 5.61. The van der Waals surface area contributed by atoms with Gasteiger partial charge in [0.25, 0.3) is 0 Å². The number of nitrogens with zero attached hydrogens (tertiary/aromatic N) is 4. The number of tetrazole rings is 1. The van der Waals surface area contributed by atoms with Gasteiger partial charge in [0.15, 0.2) is 5.82 Å². The standard InChI is InChI=1S/C15H23N5/c1-5-15(6-2,7-3)20-14(17-18-19-20)13-10-12(16)9-8-11(13)4/h8-10H,5-7,16H2,1-4H3. The van der Waals surface area contributed by atoms with Gasteiger partial charge in [0.1, 0.15) is 0 Å². The molecule has 5 nitrogen and oxygen atoms in total. The van der Waals surface area contributed by atoms with E-state index < -0.39 is 0 Å². The Bertz CT molecular complexity index is 575. The first-order valence-electron chi connectivity index (χ1n) is 7.23. The molecule has 0 unspecified atom stereocenters. The number of rotatable bonds is 5. The Hall–Kier alpha value is -1.91. The molecule has 0 saturated heterocycles. The molecule has 0 spiro atoms. The van der Waals surface area contributed by atoms with Crippen LogP contribution in [0.15, 0.2) is 18.2 Å². The lowest BCUT2D eigenvalue weighted by atomic mass is 9.89. The highest BCUT2D eigenvalue weighted by Crippen LogP contribution is 2.33. The van der Waals surface area contributed by atoms with Crippen LogP contribution in [0.5, 0.6) is 0 Å². The summed E-state index contributed by atoms with van der Waals surface area (Å²) in [7, 11) is 0. The fraction of sp³-hybridized carbons (Fsp3) is 0.533. The summed E-state index contributed by atoms with van der Waals surface area (Å²) in [5.74, 6) is 0.806. The van der Waals surface area contributed by atoms with Crippen molar-refractivity contribution in [2.75, 3.05) is 5.73 Å². The van der Waals surface area contributed by atoms with Crippen LogP contribution in [0.3, 0.4) is 0 Å². The van der Waals surface area contributed by atoms with Crippen LogP contribution in [0.2, 0.25) is 0 Å². The zero-order chi connectivity index (χ0) is 14.8. The Morgan fingerprint density at radius 1 is 1.15 bits per heavy atom. The number of aryl methyl sites for hydroxylation is 1. The van der Waals surface area contributed by atoms with Crippen molar-refractivity contribution >= 4 is 5.69 Å². The van der Waals surface area contributed by atoms with Crippen molar-refractivity contribution in [3.63, 3.8) is 0 Å². The lowest BCUT2D eigenvalue weighted by Gasteiger charge is -2.31. The molecule has 2 N–H and O–H groups in total. The molecule has 5 heteroatoms. The highest BCUT2D eigenvalue weighted by molar-refractivity contribution is 5.65. The van der Waals surface area contributed by atoms with E-state index in [9.17, 15) is 0 Å². The summed E-state index contributed by atoms with van der Waals surface area (Å²) in [4.78, 5) is 0. The minimum absolute atomic E-state index is 0.0319. The maximum atomic E-state index is 5.91. The van der Waals surface area contributed by atoms with Crippen molar-refractivity contribution in [2.24, 2.45) is 0 Å². The van der Waals surface area contributed by atoms with Crippen LogP contribution in [-0.2, 0) is 5.54 Å². The predicted molar refractivity (Wildman–Crippen MR) is 81.2 cm³/mol. The van der Waals surface area contributed by atoms with Gasteiger partial charge in [0.05, 0.1) is 5.54 Å². The van der Waals surface area contributed by atoms with Crippen LogP contribution in [-0.4, -0.2) is 20.2 Å². The van der Waals surface area contributed by atoms with Crippen LogP contribution < -0.4 is 5.73 Å². The quantitative estimate of drug-likeness (QED) is 0.849. The summed E-state index contributed by atoms with van der Waals surface area (Å²) in [6, 6.07) is 5.86. The molecule has 0 aliphatic rings. The Labute approximate surface area is 120 Å². The molecular weight excluding hydrogens is 250 g/mol. The lowest BCUT2D eigenvalue weighted by molar-refractivity contribution is 0.223. The number of nitrogens with two attached hydrogens (primary N) is 1. The second-order valence-corrected chi connectivity index (χ2v) is 5.27. The molecule has 0 fully saturated rings. The van der Waals surface area contributed by atoms with Gasteiger partial charge in [0.2, 0.25) is 0 Å². The number of hydrogen-bond acceptors (Lipinski definition) is 4. The Morgan fingerprint density at radius 2 is 1.80 bits per heavy atom. The lowest BCUT2D eigenvalue weighted by Crippen LogP contribution is -2.33. The van der Waals surface area contributed by atoms with Crippen LogP contribution in [0.4, 0.5) is 5.69 Å². The molecular formula is C15H23N5. The first-order chi connectivity index (χ1) is 9.57. The molecule has 2 rings (SSSR count). The first kappa shape index (κ1) is 14.5. The van der Waals surface area contributed by atoms with Gasteiger partial charge in [-0.05, 0) is 54.3 Å². The van der Waals surface area contributed by atoms with E-state index in [2.05, 4.69) is 43.2 Å². The molecule has 20 heavy (non-hydrogen) atoms. The topological polar surface area (TPSA) is 69.6 Å². The Balaban J connectivity index is 2.61. The molecule has 1 heterocycles.